The number of fused-ring (bicyclic) bond motifs is 11. The number of rotatable bonds is 4. The molecule has 5 aromatic carbocycles. The van der Waals surface area contributed by atoms with Crippen LogP contribution in [0.4, 0.5) is 0 Å². The van der Waals surface area contributed by atoms with Crippen molar-refractivity contribution in [3.05, 3.63) is 119 Å². The second-order valence-corrected chi connectivity index (χ2v) is 16.1. The molecule has 5 aromatic rings. The van der Waals surface area contributed by atoms with Gasteiger partial charge in [-0.1, -0.05) is 98.5 Å². The maximum atomic E-state index is 7.65. The average molecular weight is 667 g/mol. The normalized spacial score (nSPS) is 19.1. The van der Waals surface area contributed by atoms with Crippen molar-refractivity contribution in [3.8, 4) is 34.1 Å². The van der Waals surface area contributed by atoms with E-state index in [1.807, 2.05) is 24.3 Å². The van der Waals surface area contributed by atoms with Gasteiger partial charge in [0.25, 0.3) is 0 Å². The zero-order valence-corrected chi connectivity index (χ0v) is 29.5. The zero-order valence-electron chi connectivity index (χ0n) is 28.7. The van der Waals surface area contributed by atoms with Crippen molar-refractivity contribution in [2.75, 3.05) is 14.2 Å². The molecule has 0 atom stereocenters. The summed E-state index contributed by atoms with van der Waals surface area (Å²) in [5.74, 6) is 3.48. The van der Waals surface area contributed by atoms with E-state index in [1.165, 1.54) is 70.2 Å². The first kappa shape index (κ1) is 30.7. The molecule has 0 bridgehead atoms. The zero-order chi connectivity index (χ0) is 33.4. The molecule has 2 aliphatic heterocycles. The molecule has 49 heavy (non-hydrogen) atoms. The van der Waals surface area contributed by atoms with Gasteiger partial charge in [0.2, 0.25) is 0 Å². The van der Waals surface area contributed by atoms with Gasteiger partial charge < -0.3 is 18.9 Å². The topological polar surface area (TPSA) is 36.9 Å². The molecule has 2 heterocycles. The van der Waals surface area contributed by atoms with E-state index in [1.54, 1.807) is 26.0 Å². The van der Waals surface area contributed by atoms with E-state index >= 15 is 0 Å². The monoisotopic (exact) mass is 666 g/mol. The minimum absolute atomic E-state index is 0.0551. The second kappa shape index (κ2) is 11.3. The number of hydrogen-bond donors (Lipinski definition) is 0. The number of hydrogen-bond acceptors (Lipinski definition) is 5. The van der Waals surface area contributed by atoms with Crippen molar-refractivity contribution in [3.63, 3.8) is 0 Å². The molecule has 1 spiro atoms. The van der Waals surface area contributed by atoms with Gasteiger partial charge in [-0.05, 0) is 96.8 Å². The molecule has 0 unspecified atom stereocenters. The third kappa shape index (κ3) is 4.65. The van der Waals surface area contributed by atoms with Gasteiger partial charge in [-0.2, -0.15) is 0 Å². The quantitative estimate of drug-likeness (QED) is 0.191. The fraction of sp³-hybridized carbons (Fsp3) is 0.318. The number of methoxy groups -OCH3 is 2. The fourth-order valence-electron chi connectivity index (χ4n) is 9.07. The first-order valence-electron chi connectivity index (χ1n) is 17.7. The summed E-state index contributed by atoms with van der Waals surface area (Å²) in [4.78, 5) is 0.858. The van der Waals surface area contributed by atoms with Crippen LogP contribution in [0.25, 0.3) is 28.0 Å². The third-order valence-electron chi connectivity index (χ3n) is 11.3. The van der Waals surface area contributed by atoms with Crippen LogP contribution < -0.4 is 18.9 Å². The molecule has 0 amide bonds. The van der Waals surface area contributed by atoms with Gasteiger partial charge in [0.05, 0.1) is 19.1 Å². The summed E-state index contributed by atoms with van der Waals surface area (Å²) < 4.78 is 25.3. The molecule has 9 rings (SSSR count). The van der Waals surface area contributed by atoms with E-state index < -0.39 is 5.60 Å². The van der Waals surface area contributed by atoms with Crippen LogP contribution in [0.3, 0.4) is 0 Å². The minimum atomic E-state index is -0.875. The summed E-state index contributed by atoms with van der Waals surface area (Å²) in [7, 11) is 3.41. The fourth-order valence-corrected chi connectivity index (χ4v) is 10.1. The van der Waals surface area contributed by atoms with Crippen LogP contribution in [-0.4, -0.2) is 19.2 Å². The molecule has 2 aliphatic carbocycles. The lowest BCUT2D eigenvalue weighted by Gasteiger charge is -2.40. The van der Waals surface area contributed by atoms with E-state index in [2.05, 4.69) is 86.7 Å². The summed E-state index contributed by atoms with van der Waals surface area (Å²) >= 11 is 1.81. The Morgan fingerprint density at radius 1 is 0.694 bits per heavy atom. The molecule has 1 fully saturated rings. The predicted molar refractivity (Wildman–Crippen MR) is 199 cm³/mol. The first-order valence-corrected chi connectivity index (χ1v) is 18.5. The van der Waals surface area contributed by atoms with Gasteiger partial charge in [-0.3, -0.25) is 0 Å². The Labute approximate surface area is 293 Å². The summed E-state index contributed by atoms with van der Waals surface area (Å²) in [6.45, 7) is 4.30. The summed E-state index contributed by atoms with van der Waals surface area (Å²) in [5, 5.41) is 2.35. The van der Waals surface area contributed by atoms with E-state index in [9.17, 15) is 0 Å². The van der Waals surface area contributed by atoms with Gasteiger partial charge in [0, 0.05) is 27.5 Å². The Morgan fingerprint density at radius 2 is 1.33 bits per heavy atom. The van der Waals surface area contributed by atoms with Crippen LogP contribution in [0.1, 0.15) is 86.6 Å². The van der Waals surface area contributed by atoms with Gasteiger partial charge in [0.15, 0.2) is 10.5 Å². The molecule has 248 valence electrons. The molecule has 4 nitrogen and oxygen atoms in total. The van der Waals surface area contributed by atoms with Crippen molar-refractivity contribution in [1.29, 1.82) is 0 Å². The summed E-state index contributed by atoms with van der Waals surface area (Å²) in [5.41, 5.74) is 8.05. The molecular formula is C44H42O4S. The Kier molecular flexibility index (Phi) is 7.11. The smallest absolute Gasteiger partial charge is 0.178 e. The number of ether oxygens (including phenoxy) is 4. The molecule has 0 saturated heterocycles. The van der Waals surface area contributed by atoms with Crippen LogP contribution in [-0.2, 0) is 11.0 Å². The number of thioether (sulfide) groups is 1. The molecule has 4 aliphatic rings. The molecule has 0 radical (unpaired) electrons. The summed E-state index contributed by atoms with van der Waals surface area (Å²) in [6, 6.07) is 30.5. The van der Waals surface area contributed by atoms with Crippen LogP contribution in [0, 0.1) is 0 Å². The van der Waals surface area contributed by atoms with Crippen molar-refractivity contribution >= 4 is 28.6 Å². The minimum Gasteiger partial charge on any atom is -0.497 e. The maximum absolute atomic E-state index is 7.65. The van der Waals surface area contributed by atoms with Crippen molar-refractivity contribution in [1.82, 2.24) is 0 Å². The number of benzene rings is 5. The van der Waals surface area contributed by atoms with E-state index in [0.29, 0.717) is 0 Å². The average Bonchev–Trinajstić information content (AvgIpc) is 3.59. The molecule has 0 N–H and O–H groups in total. The van der Waals surface area contributed by atoms with Crippen molar-refractivity contribution in [2.24, 2.45) is 0 Å². The van der Waals surface area contributed by atoms with E-state index in [0.717, 1.165) is 52.4 Å². The molecule has 0 aromatic heterocycles. The highest BCUT2D eigenvalue weighted by Gasteiger charge is 2.48. The van der Waals surface area contributed by atoms with Crippen LogP contribution in [0.5, 0.6) is 23.0 Å². The summed E-state index contributed by atoms with van der Waals surface area (Å²) in [6.07, 6.45) is 13.3. The highest BCUT2D eigenvalue weighted by molar-refractivity contribution is 8.00. The molecule has 5 heteroatoms. The van der Waals surface area contributed by atoms with Crippen molar-refractivity contribution < 1.29 is 18.9 Å². The highest BCUT2D eigenvalue weighted by atomic mass is 32.2. The molecule has 1 saturated carbocycles. The lowest BCUT2D eigenvalue weighted by Crippen LogP contribution is -2.35. The van der Waals surface area contributed by atoms with Crippen LogP contribution in [0.15, 0.2) is 95.9 Å². The Hall–Kier alpha value is -4.35. The van der Waals surface area contributed by atoms with Crippen LogP contribution >= 0.6 is 11.8 Å². The highest BCUT2D eigenvalue weighted by Crippen LogP contribution is 2.63. The van der Waals surface area contributed by atoms with Gasteiger partial charge in [-0.15, -0.1) is 0 Å². The Morgan fingerprint density at radius 3 is 1.98 bits per heavy atom. The van der Waals surface area contributed by atoms with Gasteiger partial charge in [-0.25, -0.2) is 0 Å². The SMILES string of the molecule is COc1ccc(C2(c3ccc(OC)cc3)C=Cc3c4c(c5cc6c(cc5c3O2)OC(C)(C)S6)-c2ccccc2C42CCCCCCC2)cc1. The standard InChI is InChI=1S/C44H42O4S/c1-42(2)47-37-26-35-34(27-38(37)49-42)39-32-12-8-9-13-36(32)43(23-10-6-5-7-11-24-43)40(39)33-22-25-44(48-41(33)35,28-14-18-30(45-3)19-15-28)29-16-20-31(46-4)21-17-29/h8-9,12-22,25-27H,5-7,10-11,23-24H2,1-4H3. The van der Waals surface area contributed by atoms with Crippen molar-refractivity contribution in [2.45, 2.75) is 79.6 Å². The first-order chi connectivity index (χ1) is 23.9. The van der Waals surface area contributed by atoms with Gasteiger partial charge >= 0.3 is 0 Å². The molecular weight excluding hydrogens is 625 g/mol. The predicted octanol–water partition coefficient (Wildman–Crippen LogP) is 11.4. The van der Waals surface area contributed by atoms with E-state index in [-0.39, 0.29) is 10.3 Å². The third-order valence-corrected chi connectivity index (χ3v) is 12.4. The second-order valence-electron chi connectivity index (χ2n) is 14.5. The lowest BCUT2D eigenvalue weighted by atomic mass is 9.67. The van der Waals surface area contributed by atoms with Gasteiger partial charge in [0.1, 0.15) is 23.0 Å². The maximum Gasteiger partial charge on any atom is 0.178 e. The Balaban J connectivity index is 1.36. The van der Waals surface area contributed by atoms with E-state index in [4.69, 9.17) is 18.9 Å². The lowest BCUT2D eigenvalue weighted by molar-refractivity contribution is 0.163. The Bertz CT molecular complexity index is 2070. The van der Waals surface area contributed by atoms with Crippen LogP contribution in [0.2, 0.25) is 0 Å². The largest absolute Gasteiger partial charge is 0.497 e.